The van der Waals surface area contributed by atoms with Crippen LogP contribution in [-0.2, 0) is 21.6 Å². The SMILES string of the molecule is CC1CN(c2ncccc2C(F)(F)F)CCN1S(=O)(=O)c1ccc(C(C)(C)C)cc1. The van der Waals surface area contributed by atoms with Crippen LogP contribution >= 0.6 is 0 Å². The molecule has 1 aromatic carbocycles. The van der Waals surface area contributed by atoms with Crippen LogP contribution in [0.15, 0.2) is 47.5 Å². The molecule has 1 atom stereocenters. The van der Waals surface area contributed by atoms with Gasteiger partial charge in [0.25, 0.3) is 0 Å². The van der Waals surface area contributed by atoms with Crippen molar-refractivity contribution in [3.05, 3.63) is 53.7 Å². The number of nitrogens with zero attached hydrogens (tertiary/aromatic N) is 3. The summed E-state index contributed by atoms with van der Waals surface area (Å²) >= 11 is 0. The molecule has 3 rings (SSSR count). The lowest BCUT2D eigenvalue weighted by atomic mass is 9.87. The van der Waals surface area contributed by atoms with Gasteiger partial charge in [-0.05, 0) is 42.2 Å². The zero-order valence-corrected chi connectivity index (χ0v) is 18.3. The van der Waals surface area contributed by atoms with E-state index in [1.165, 1.54) is 21.5 Å². The number of pyridine rings is 1. The van der Waals surface area contributed by atoms with Crippen molar-refractivity contribution >= 4 is 15.8 Å². The third-order valence-electron chi connectivity index (χ3n) is 5.29. The fourth-order valence-corrected chi connectivity index (χ4v) is 5.24. The molecule has 1 aliphatic heterocycles. The topological polar surface area (TPSA) is 53.5 Å². The minimum Gasteiger partial charge on any atom is -0.353 e. The number of rotatable bonds is 3. The molecule has 0 N–H and O–H groups in total. The normalized spacial score (nSPS) is 19.2. The number of aromatic nitrogens is 1. The van der Waals surface area contributed by atoms with Crippen LogP contribution in [0.2, 0.25) is 0 Å². The second kappa shape index (κ2) is 7.85. The summed E-state index contributed by atoms with van der Waals surface area (Å²) in [5, 5.41) is 0. The molecule has 2 aromatic rings. The van der Waals surface area contributed by atoms with Crippen LogP contribution in [0.4, 0.5) is 19.0 Å². The molecule has 1 aliphatic rings. The van der Waals surface area contributed by atoms with E-state index in [2.05, 4.69) is 4.98 Å². The van der Waals surface area contributed by atoms with Crippen molar-refractivity contribution in [2.75, 3.05) is 24.5 Å². The fraction of sp³-hybridized carbons (Fsp3) is 0.476. The van der Waals surface area contributed by atoms with E-state index in [0.717, 1.165) is 11.6 Å². The van der Waals surface area contributed by atoms with Crippen molar-refractivity contribution < 1.29 is 21.6 Å². The van der Waals surface area contributed by atoms with Crippen molar-refractivity contribution in [3.63, 3.8) is 0 Å². The molecule has 1 fully saturated rings. The van der Waals surface area contributed by atoms with Crippen molar-refractivity contribution in [1.29, 1.82) is 0 Å². The van der Waals surface area contributed by atoms with Crippen LogP contribution in [0.25, 0.3) is 0 Å². The van der Waals surface area contributed by atoms with Crippen LogP contribution in [-0.4, -0.2) is 43.4 Å². The van der Waals surface area contributed by atoms with Crippen molar-refractivity contribution in [3.8, 4) is 0 Å². The maximum absolute atomic E-state index is 13.3. The van der Waals surface area contributed by atoms with Crippen LogP contribution in [0.5, 0.6) is 0 Å². The van der Waals surface area contributed by atoms with E-state index in [1.807, 2.05) is 20.8 Å². The van der Waals surface area contributed by atoms with E-state index >= 15 is 0 Å². The molecule has 0 saturated carbocycles. The highest BCUT2D eigenvalue weighted by Gasteiger charge is 2.39. The first-order chi connectivity index (χ1) is 13.8. The summed E-state index contributed by atoms with van der Waals surface area (Å²) in [5.74, 6) is -0.163. The molecule has 0 radical (unpaired) electrons. The van der Waals surface area contributed by atoms with E-state index in [-0.39, 0.29) is 35.8 Å². The lowest BCUT2D eigenvalue weighted by Crippen LogP contribution is -2.54. The number of hydrogen-bond donors (Lipinski definition) is 0. The Morgan fingerprint density at radius 3 is 2.20 bits per heavy atom. The van der Waals surface area contributed by atoms with Gasteiger partial charge < -0.3 is 4.90 Å². The number of benzene rings is 1. The number of hydrogen-bond acceptors (Lipinski definition) is 4. The van der Waals surface area contributed by atoms with E-state index in [1.54, 1.807) is 31.2 Å². The van der Waals surface area contributed by atoms with Crippen molar-refractivity contribution in [2.24, 2.45) is 0 Å². The molecule has 0 amide bonds. The van der Waals surface area contributed by atoms with E-state index in [4.69, 9.17) is 0 Å². The van der Waals surface area contributed by atoms with Crippen LogP contribution < -0.4 is 4.90 Å². The molecule has 5 nitrogen and oxygen atoms in total. The summed E-state index contributed by atoms with van der Waals surface area (Å²) in [6.07, 6.45) is -3.21. The van der Waals surface area contributed by atoms with Gasteiger partial charge >= 0.3 is 6.18 Å². The highest BCUT2D eigenvalue weighted by Crippen LogP contribution is 2.36. The zero-order chi connectivity index (χ0) is 22.3. The smallest absolute Gasteiger partial charge is 0.353 e. The summed E-state index contributed by atoms with van der Waals surface area (Å²) in [4.78, 5) is 5.61. The van der Waals surface area contributed by atoms with Gasteiger partial charge in [-0.25, -0.2) is 13.4 Å². The molecule has 1 aromatic heterocycles. The Morgan fingerprint density at radius 2 is 1.67 bits per heavy atom. The fourth-order valence-electron chi connectivity index (χ4n) is 3.62. The van der Waals surface area contributed by atoms with Gasteiger partial charge in [0.1, 0.15) is 5.82 Å². The minimum atomic E-state index is -4.52. The molecular formula is C21H26F3N3O2S. The van der Waals surface area contributed by atoms with Gasteiger partial charge in [-0.3, -0.25) is 0 Å². The molecule has 164 valence electrons. The summed E-state index contributed by atoms with van der Waals surface area (Å²) in [5.41, 5.74) is 0.112. The Labute approximate surface area is 175 Å². The predicted octanol–water partition coefficient (Wildman–Crippen LogP) is 4.30. The van der Waals surface area contributed by atoms with Gasteiger partial charge in [0.05, 0.1) is 10.5 Å². The standard InChI is InChI=1S/C21H26F3N3O2S/c1-15-14-26(19-18(21(22,23)24)6-5-11-25-19)12-13-27(15)30(28,29)17-9-7-16(8-10-17)20(2,3)4/h5-11,15H,12-14H2,1-4H3. The number of piperazine rings is 1. The van der Waals surface area contributed by atoms with Gasteiger partial charge in [0, 0.05) is 31.9 Å². The molecule has 1 saturated heterocycles. The average Bonchev–Trinajstić information content (AvgIpc) is 2.66. The highest BCUT2D eigenvalue weighted by molar-refractivity contribution is 7.89. The van der Waals surface area contributed by atoms with Gasteiger partial charge in [-0.1, -0.05) is 32.9 Å². The van der Waals surface area contributed by atoms with Crippen LogP contribution in [0.3, 0.4) is 0 Å². The third-order valence-corrected chi connectivity index (χ3v) is 7.31. The maximum Gasteiger partial charge on any atom is 0.419 e. The van der Waals surface area contributed by atoms with Gasteiger partial charge in [-0.15, -0.1) is 0 Å². The van der Waals surface area contributed by atoms with E-state index in [9.17, 15) is 21.6 Å². The quantitative estimate of drug-likeness (QED) is 0.713. The molecule has 9 heteroatoms. The Bertz CT molecular complexity index is 999. The zero-order valence-electron chi connectivity index (χ0n) is 17.4. The average molecular weight is 442 g/mol. The Hall–Kier alpha value is -2.13. The number of alkyl halides is 3. The minimum absolute atomic E-state index is 0.0817. The van der Waals surface area contributed by atoms with Crippen molar-refractivity contribution in [1.82, 2.24) is 9.29 Å². The Morgan fingerprint density at radius 1 is 1.03 bits per heavy atom. The van der Waals surface area contributed by atoms with Gasteiger partial charge in [0.15, 0.2) is 0 Å². The first-order valence-electron chi connectivity index (χ1n) is 9.71. The van der Waals surface area contributed by atoms with Crippen LogP contribution in [0, 0.1) is 0 Å². The molecule has 0 bridgehead atoms. The highest BCUT2D eigenvalue weighted by atomic mass is 32.2. The lowest BCUT2D eigenvalue weighted by molar-refractivity contribution is -0.137. The molecule has 2 heterocycles. The summed E-state index contributed by atoms with van der Waals surface area (Å²) in [7, 11) is -3.75. The third kappa shape index (κ3) is 4.46. The Kier molecular flexibility index (Phi) is 5.90. The Balaban J connectivity index is 1.82. The number of halogens is 3. The van der Waals surface area contributed by atoms with E-state index < -0.39 is 27.8 Å². The largest absolute Gasteiger partial charge is 0.419 e. The van der Waals surface area contributed by atoms with Crippen molar-refractivity contribution in [2.45, 2.75) is 50.2 Å². The van der Waals surface area contributed by atoms with E-state index in [0.29, 0.717) is 0 Å². The lowest BCUT2D eigenvalue weighted by Gasteiger charge is -2.40. The summed E-state index contributed by atoms with van der Waals surface area (Å²) < 4.78 is 67.6. The number of anilines is 1. The molecular weight excluding hydrogens is 415 g/mol. The van der Waals surface area contributed by atoms with Crippen LogP contribution in [0.1, 0.15) is 38.8 Å². The first-order valence-corrected chi connectivity index (χ1v) is 11.2. The first kappa shape index (κ1) is 22.6. The molecule has 0 spiro atoms. The van der Waals surface area contributed by atoms with Gasteiger partial charge in [0.2, 0.25) is 10.0 Å². The second-order valence-corrected chi connectivity index (χ2v) is 10.4. The summed E-state index contributed by atoms with van der Waals surface area (Å²) in [6, 6.07) is 8.53. The summed E-state index contributed by atoms with van der Waals surface area (Å²) in [6.45, 7) is 8.17. The predicted molar refractivity (Wildman–Crippen MR) is 110 cm³/mol. The number of sulfonamides is 1. The maximum atomic E-state index is 13.3. The molecule has 30 heavy (non-hydrogen) atoms. The molecule has 0 aliphatic carbocycles. The second-order valence-electron chi connectivity index (χ2n) is 8.56. The molecule has 1 unspecified atom stereocenters. The monoisotopic (exact) mass is 441 g/mol. The van der Waals surface area contributed by atoms with Gasteiger partial charge in [-0.2, -0.15) is 17.5 Å².